The lowest BCUT2D eigenvalue weighted by molar-refractivity contribution is -0.140. The molecule has 7 nitrogen and oxygen atoms in total. The summed E-state index contributed by atoms with van der Waals surface area (Å²) in [5.41, 5.74) is 0. The predicted octanol–water partition coefficient (Wildman–Crippen LogP) is -0.704. The number of amides is 2. The fourth-order valence-electron chi connectivity index (χ4n) is 1.66. The zero-order chi connectivity index (χ0) is 13.5. The van der Waals surface area contributed by atoms with Crippen LogP contribution in [0.5, 0.6) is 0 Å². The van der Waals surface area contributed by atoms with Crippen molar-refractivity contribution in [3.63, 3.8) is 0 Å². The van der Waals surface area contributed by atoms with Crippen LogP contribution in [0.1, 0.15) is 12.8 Å². The molecule has 1 rings (SSSR count). The van der Waals surface area contributed by atoms with Crippen LogP contribution in [0.3, 0.4) is 0 Å². The molecule has 0 aromatic heterocycles. The molecule has 0 aromatic rings. The minimum absolute atomic E-state index is 0.0420. The fraction of sp³-hybridized carbons (Fsp3) is 0.800. The molecule has 1 saturated heterocycles. The molecule has 0 saturated carbocycles. The molecule has 0 spiro atoms. The molecule has 8 heteroatoms. The first-order valence-electron chi connectivity index (χ1n) is 5.66. The van der Waals surface area contributed by atoms with E-state index in [1.165, 1.54) is 7.11 Å². The number of carboxylic acid groups (broad SMARTS) is 1. The first-order valence-corrected chi connectivity index (χ1v) is 7.15. The number of hydrogen-bond acceptors (Lipinski definition) is 4. The molecular formula is C10H18N2O5S. The van der Waals surface area contributed by atoms with E-state index in [2.05, 4.69) is 10.6 Å². The third-order valence-corrected chi connectivity index (χ3v) is 4.04. The maximum Gasteiger partial charge on any atom is 0.328 e. The second-order valence-electron chi connectivity index (χ2n) is 4.09. The van der Waals surface area contributed by atoms with E-state index in [0.29, 0.717) is 24.3 Å². The highest BCUT2D eigenvalue weighted by Crippen LogP contribution is 2.08. The summed E-state index contributed by atoms with van der Waals surface area (Å²) in [6.45, 7) is -0.0859. The van der Waals surface area contributed by atoms with Crippen molar-refractivity contribution < 1.29 is 23.6 Å². The lowest BCUT2D eigenvalue weighted by Gasteiger charge is -2.23. The quantitative estimate of drug-likeness (QED) is 0.616. The van der Waals surface area contributed by atoms with Crippen molar-refractivity contribution in [3.05, 3.63) is 0 Å². The molecule has 2 amide bonds. The van der Waals surface area contributed by atoms with E-state index >= 15 is 0 Å². The second kappa shape index (κ2) is 7.32. The molecule has 3 N–H and O–H groups in total. The van der Waals surface area contributed by atoms with Crippen LogP contribution in [-0.2, 0) is 20.3 Å². The summed E-state index contributed by atoms with van der Waals surface area (Å²) in [4.78, 5) is 22.4. The molecule has 1 atom stereocenters. The van der Waals surface area contributed by atoms with Crippen LogP contribution in [0, 0.1) is 0 Å². The summed E-state index contributed by atoms with van der Waals surface area (Å²) in [5, 5.41) is 13.8. The number of carboxylic acids is 1. The number of urea groups is 1. The van der Waals surface area contributed by atoms with Crippen LogP contribution in [-0.4, -0.2) is 58.6 Å². The minimum atomic E-state index is -1.14. The largest absolute Gasteiger partial charge is 0.480 e. The van der Waals surface area contributed by atoms with Gasteiger partial charge in [-0.15, -0.1) is 0 Å². The van der Waals surface area contributed by atoms with E-state index in [-0.39, 0.29) is 12.6 Å². The van der Waals surface area contributed by atoms with Crippen molar-refractivity contribution in [2.75, 3.05) is 25.2 Å². The molecule has 1 fully saturated rings. The maximum absolute atomic E-state index is 11.6. The van der Waals surface area contributed by atoms with E-state index in [4.69, 9.17) is 9.84 Å². The molecule has 18 heavy (non-hydrogen) atoms. The maximum atomic E-state index is 11.6. The zero-order valence-electron chi connectivity index (χ0n) is 10.2. The van der Waals surface area contributed by atoms with Crippen molar-refractivity contribution in [3.8, 4) is 0 Å². The highest BCUT2D eigenvalue weighted by atomic mass is 32.2. The standard InChI is InChI=1S/C10H18N2O5S/c1-17-6-8(9(13)14)12-10(15)11-7-2-4-18(16)5-3-7/h7-8H,2-6H2,1H3,(H,13,14)(H2,11,12,15). The molecule has 1 aliphatic heterocycles. The molecule has 1 heterocycles. The topological polar surface area (TPSA) is 105 Å². The Morgan fingerprint density at radius 1 is 1.44 bits per heavy atom. The van der Waals surface area contributed by atoms with Crippen LogP contribution in [0.4, 0.5) is 4.79 Å². The van der Waals surface area contributed by atoms with Crippen LogP contribution in [0.25, 0.3) is 0 Å². The SMILES string of the molecule is COCC(NC(=O)NC1CCS(=O)CC1)C(=O)O. The Bertz CT molecular complexity index is 326. The summed E-state index contributed by atoms with van der Waals surface area (Å²) in [5.74, 6) is 0.00766. The highest BCUT2D eigenvalue weighted by Gasteiger charge is 2.23. The number of methoxy groups -OCH3 is 1. The summed E-state index contributed by atoms with van der Waals surface area (Å²) in [6, 6.07) is -1.63. The smallest absolute Gasteiger partial charge is 0.328 e. The van der Waals surface area contributed by atoms with Gasteiger partial charge in [-0.05, 0) is 12.8 Å². The van der Waals surface area contributed by atoms with Crippen LogP contribution in [0.2, 0.25) is 0 Å². The Balaban J connectivity index is 2.35. The Morgan fingerprint density at radius 2 is 2.06 bits per heavy atom. The fourth-order valence-corrected chi connectivity index (χ4v) is 2.96. The summed E-state index contributed by atoms with van der Waals surface area (Å²) >= 11 is 0. The number of ether oxygens (including phenoxy) is 1. The number of hydrogen-bond donors (Lipinski definition) is 3. The highest BCUT2D eigenvalue weighted by molar-refractivity contribution is 7.85. The van der Waals surface area contributed by atoms with Gasteiger partial charge < -0.3 is 20.5 Å². The van der Waals surface area contributed by atoms with Gasteiger partial charge in [0.25, 0.3) is 0 Å². The molecule has 104 valence electrons. The lowest BCUT2D eigenvalue weighted by atomic mass is 10.1. The number of aliphatic carboxylic acids is 1. The van der Waals surface area contributed by atoms with E-state index in [0.717, 1.165) is 0 Å². The van der Waals surface area contributed by atoms with Crippen molar-refractivity contribution in [1.82, 2.24) is 10.6 Å². The van der Waals surface area contributed by atoms with Gasteiger partial charge in [0.1, 0.15) is 0 Å². The van der Waals surface area contributed by atoms with Gasteiger partial charge in [-0.25, -0.2) is 9.59 Å². The lowest BCUT2D eigenvalue weighted by Crippen LogP contribution is -2.51. The zero-order valence-corrected chi connectivity index (χ0v) is 11.0. The summed E-state index contributed by atoms with van der Waals surface area (Å²) in [6.07, 6.45) is 1.31. The van der Waals surface area contributed by atoms with Gasteiger partial charge in [-0.1, -0.05) is 0 Å². The van der Waals surface area contributed by atoms with Crippen LogP contribution < -0.4 is 10.6 Å². The molecule has 0 bridgehead atoms. The Kier molecular flexibility index (Phi) is 6.06. The number of carbonyl (C=O) groups excluding carboxylic acids is 1. The van der Waals surface area contributed by atoms with E-state index < -0.39 is 28.8 Å². The normalized spacial score (nSPS) is 25.2. The monoisotopic (exact) mass is 278 g/mol. The Hall–Kier alpha value is -1.15. The average Bonchev–Trinajstić information content (AvgIpc) is 2.31. The third kappa shape index (κ3) is 5.01. The molecule has 0 aliphatic carbocycles. The molecule has 1 aliphatic rings. The van der Waals surface area contributed by atoms with Crippen molar-refractivity contribution in [2.45, 2.75) is 24.9 Å². The molecule has 0 aromatic carbocycles. The van der Waals surface area contributed by atoms with Gasteiger partial charge in [0, 0.05) is 35.5 Å². The van der Waals surface area contributed by atoms with Gasteiger partial charge in [-0.2, -0.15) is 0 Å². The van der Waals surface area contributed by atoms with Gasteiger partial charge in [0.05, 0.1) is 6.61 Å². The van der Waals surface area contributed by atoms with Gasteiger partial charge in [0.15, 0.2) is 6.04 Å². The van der Waals surface area contributed by atoms with E-state index in [1.807, 2.05) is 0 Å². The van der Waals surface area contributed by atoms with E-state index in [9.17, 15) is 13.8 Å². The first kappa shape index (κ1) is 14.9. The molecule has 1 unspecified atom stereocenters. The van der Waals surface area contributed by atoms with Crippen molar-refractivity contribution in [1.29, 1.82) is 0 Å². The number of nitrogens with one attached hydrogen (secondary N) is 2. The average molecular weight is 278 g/mol. The van der Waals surface area contributed by atoms with Gasteiger partial charge in [-0.3, -0.25) is 4.21 Å². The summed E-state index contributed by atoms with van der Waals surface area (Å²) in [7, 11) is 0.584. The molecule has 0 radical (unpaired) electrons. The second-order valence-corrected chi connectivity index (χ2v) is 5.78. The van der Waals surface area contributed by atoms with Crippen molar-refractivity contribution in [2.24, 2.45) is 0 Å². The first-order chi connectivity index (χ1) is 8.52. The minimum Gasteiger partial charge on any atom is -0.480 e. The Labute approximate surface area is 108 Å². The number of carbonyl (C=O) groups is 2. The Morgan fingerprint density at radius 3 is 2.56 bits per heavy atom. The van der Waals surface area contributed by atoms with Crippen LogP contribution in [0.15, 0.2) is 0 Å². The van der Waals surface area contributed by atoms with Crippen LogP contribution >= 0.6 is 0 Å². The van der Waals surface area contributed by atoms with Crippen molar-refractivity contribution >= 4 is 22.8 Å². The third-order valence-electron chi connectivity index (χ3n) is 2.66. The van der Waals surface area contributed by atoms with E-state index in [1.54, 1.807) is 0 Å². The predicted molar refractivity (Wildman–Crippen MR) is 65.9 cm³/mol. The molecular weight excluding hydrogens is 260 g/mol. The number of rotatable bonds is 5. The van der Waals surface area contributed by atoms with Gasteiger partial charge >= 0.3 is 12.0 Å². The van der Waals surface area contributed by atoms with Gasteiger partial charge in [0.2, 0.25) is 0 Å². The summed E-state index contributed by atoms with van der Waals surface area (Å²) < 4.78 is 15.8.